The molecular formula is C11H9Cl3OS. The van der Waals surface area contributed by atoms with Gasteiger partial charge in [-0.1, -0.05) is 23.2 Å². The summed E-state index contributed by atoms with van der Waals surface area (Å²) in [4.78, 5) is 0. The maximum absolute atomic E-state index is 6.37. The molecule has 5 heteroatoms. The Bertz CT molecular complexity index is 469. The van der Waals surface area contributed by atoms with E-state index in [-0.39, 0.29) is 5.38 Å². The first-order chi connectivity index (χ1) is 7.49. The van der Waals surface area contributed by atoms with Gasteiger partial charge in [0.05, 0.1) is 14.0 Å². The highest BCUT2D eigenvalue weighted by Crippen LogP contribution is 2.41. The Hall–Kier alpha value is -0.150. The normalized spacial score (nSPS) is 13.1. The van der Waals surface area contributed by atoms with Crippen molar-refractivity contribution in [1.29, 1.82) is 0 Å². The Balaban J connectivity index is 2.42. The average molecular weight is 296 g/mol. The zero-order valence-corrected chi connectivity index (χ0v) is 11.8. The van der Waals surface area contributed by atoms with Crippen LogP contribution in [0.25, 0.3) is 0 Å². The summed E-state index contributed by atoms with van der Waals surface area (Å²) in [5, 5.41) is -0.311. The second-order valence-electron chi connectivity index (χ2n) is 3.51. The minimum Gasteiger partial charge on any atom is -0.466 e. The maximum Gasteiger partial charge on any atom is 0.106 e. The van der Waals surface area contributed by atoms with Gasteiger partial charge in [0, 0.05) is 11.1 Å². The number of hydrogen-bond acceptors (Lipinski definition) is 2. The third kappa shape index (κ3) is 2.25. The summed E-state index contributed by atoms with van der Waals surface area (Å²) in [7, 11) is 0. The van der Waals surface area contributed by atoms with E-state index >= 15 is 0 Å². The Morgan fingerprint density at radius 1 is 1.19 bits per heavy atom. The van der Waals surface area contributed by atoms with Gasteiger partial charge in [-0.3, -0.25) is 0 Å². The number of aryl methyl sites for hydroxylation is 2. The lowest BCUT2D eigenvalue weighted by atomic mass is 10.1. The highest BCUT2D eigenvalue weighted by atomic mass is 35.5. The molecule has 0 radical (unpaired) electrons. The first-order valence-corrected chi connectivity index (χ1v) is 6.65. The van der Waals surface area contributed by atoms with Crippen LogP contribution >= 0.6 is 46.1 Å². The van der Waals surface area contributed by atoms with E-state index in [0.717, 1.165) is 22.6 Å². The lowest BCUT2D eigenvalue weighted by molar-refractivity contribution is 0.501. The molecule has 0 saturated heterocycles. The Morgan fingerprint density at radius 2 is 1.88 bits per heavy atom. The molecule has 1 unspecified atom stereocenters. The van der Waals surface area contributed by atoms with Crippen molar-refractivity contribution in [2.24, 2.45) is 0 Å². The van der Waals surface area contributed by atoms with Crippen molar-refractivity contribution in [3.63, 3.8) is 0 Å². The molecule has 0 aliphatic rings. The third-order valence-electron chi connectivity index (χ3n) is 2.31. The largest absolute Gasteiger partial charge is 0.466 e. The van der Waals surface area contributed by atoms with Gasteiger partial charge in [-0.25, -0.2) is 0 Å². The fourth-order valence-corrected chi connectivity index (χ4v) is 3.64. The summed E-state index contributed by atoms with van der Waals surface area (Å²) in [5.41, 5.74) is 1.78. The van der Waals surface area contributed by atoms with Crippen molar-refractivity contribution in [3.8, 4) is 0 Å². The van der Waals surface area contributed by atoms with E-state index in [0.29, 0.717) is 8.67 Å². The van der Waals surface area contributed by atoms with Crippen molar-refractivity contribution < 1.29 is 4.42 Å². The van der Waals surface area contributed by atoms with Crippen LogP contribution in [-0.2, 0) is 0 Å². The lowest BCUT2D eigenvalue weighted by Gasteiger charge is -2.06. The number of hydrogen-bond donors (Lipinski definition) is 0. The molecule has 0 spiro atoms. The van der Waals surface area contributed by atoms with Crippen molar-refractivity contribution in [2.45, 2.75) is 19.2 Å². The maximum atomic E-state index is 6.37. The monoisotopic (exact) mass is 294 g/mol. The fourth-order valence-electron chi connectivity index (χ4n) is 1.60. The molecule has 0 saturated carbocycles. The van der Waals surface area contributed by atoms with Gasteiger partial charge in [0.15, 0.2) is 0 Å². The molecule has 2 heterocycles. The highest BCUT2D eigenvalue weighted by Gasteiger charge is 2.21. The van der Waals surface area contributed by atoms with E-state index in [2.05, 4.69) is 0 Å². The summed E-state index contributed by atoms with van der Waals surface area (Å²) in [6, 6.07) is 3.73. The molecule has 0 aliphatic heterocycles. The van der Waals surface area contributed by atoms with Crippen LogP contribution in [0.2, 0.25) is 8.67 Å². The van der Waals surface area contributed by atoms with E-state index in [1.807, 2.05) is 19.9 Å². The van der Waals surface area contributed by atoms with E-state index in [9.17, 15) is 0 Å². The van der Waals surface area contributed by atoms with Gasteiger partial charge >= 0.3 is 0 Å². The minimum absolute atomic E-state index is 0.311. The summed E-state index contributed by atoms with van der Waals surface area (Å²) < 4.78 is 6.72. The summed E-state index contributed by atoms with van der Waals surface area (Å²) >= 11 is 19.7. The van der Waals surface area contributed by atoms with Crippen LogP contribution in [0.15, 0.2) is 16.5 Å². The zero-order chi connectivity index (χ0) is 11.9. The molecule has 0 bridgehead atoms. The second-order valence-corrected chi connectivity index (χ2v) is 6.23. The summed E-state index contributed by atoms with van der Waals surface area (Å²) in [6.45, 7) is 3.78. The van der Waals surface area contributed by atoms with Crippen LogP contribution in [0.5, 0.6) is 0 Å². The predicted molar refractivity (Wildman–Crippen MR) is 70.2 cm³/mol. The second kappa shape index (κ2) is 4.61. The molecule has 1 nitrogen and oxygen atoms in total. The molecule has 0 aromatic carbocycles. The topological polar surface area (TPSA) is 13.1 Å². The van der Waals surface area contributed by atoms with Gasteiger partial charge in [0.2, 0.25) is 0 Å². The summed E-state index contributed by atoms with van der Waals surface area (Å²) in [6.07, 6.45) is 0. The zero-order valence-electron chi connectivity index (χ0n) is 8.68. The van der Waals surface area contributed by atoms with E-state index in [4.69, 9.17) is 39.2 Å². The molecule has 0 aliphatic carbocycles. The first kappa shape index (κ1) is 12.3. The number of furan rings is 1. The quantitative estimate of drug-likeness (QED) is 0.658. The molecule has 2 rings (SSSR count). The number of thiophene rings is 1. The lowest BCUT2D eigenvalue weighted by Crippen LogP contribution is -1.91. The summed E-state index contributed by atoms with van der Waals surface area (Å²) in [5.74, 6) is 1.66. The predicted octanol–water partition coefficient (Wildman–Crippen LogP) is 5.59. The number of halogens is 3. The highest BCUT2D eigenvalue weighted by molar-refractivity contribution is 7.20. The Labute approximate surface area is 113 Å². The van der Waals surface area contributed by atoms with Gasteiger partial charge < -0.3 is 4.42 Å². The van der Waals surface area contributed by atoms with Crippen LogP contribution < -0.4 is 0 Å². The van der Waals surface area contributed by atoms with Crippen molar-refractivity contribution in [3.05, 3.63) is 43.5 Å². The van der Waals surface area contributed by atoms with Gasteiger partial charge in [-0.05, 0) is 26.0 Å². The molecular weight excluding hydrogens is 287 g/mol. The SMILES string of the molecule is Cc1cc(C(Cl)c2cc(Cl)sc2Cl)c(C)o1. The van der Waals surface area contributed by atoms with Gasteiger partial charge in [0.25, 0.3) is 0 Å². The number of alkyl halides is 1. The van der Waals surface area contributed by atoms with E-state index < -0.39 is 0 Å². The molecule has 0 fully saturated rings. The molecule has 86 valence electrons. The fraction of sp³-hybridized carbons (Fsp3) is 0.273. The first-order valence-electron chi connectivity index (χ1n) is 4.64. The van der Waals surface area contributed by atoms with E-state index in [1.54, 1.807) is 6.07 Å². The van der Waals surface area contributed by atoms with Crippen LogP contribution in [0, 0.1) is 13.8 Å². The molecule has 2 aromatic rings. The Kier molecular flexibility index (Phi) is 3.55. The van der Waals surface area contributed by atoms with Crippen molar-refractivity contribution >= 4 is 46.1 Å². The smallest absolute Gasteiger partial charge is 0.106 e. The minimum atomic E-state index is -0.311. The average Bonchev–Trinajstić information content (AvgIpc) is 2.68. The molecule has 0 N–H and O–H groups in total. The van der Waals surface area contributed by atoms with Crippen molar-refractivity contribution in [2.75, 3.05) is 0 Å². The van der Waals surface area contributed by atoms with Crippen molar-refractivity contribution in [1.82, 2.24) is 0 Å². The number of rotatable bonds is 2. The molecule has 2 aromatic heterocycles. The molecule has 16 heavy (non-hydrogen) atoms. The molecule has 1 atom stereocenters. The van der Waals surface area contributed by atoms with Crippen LogP contribution in [-0.4, -0.2) is 0 Å². The van der Waals surface area contributed by atoms with Gasteiger partial charge in [0.1, 0.15) is 11.5 Å². The molecule has 0 amide bonds. The van der Waals surface area contributed by atoms with E-state index in [1.165, 1.54) is 11.3 Å². The standard InChI is InChI=1S/C11H9Cl3OS/c1-5-3-7(6(2)15-5)10(13)8-4-9(12)16-11(8)14/h3-4,10H,1-2H3. The Morgan fingerprint density at radius 3 is 2.31 bits per heavy atom. The van der Waals surface area contributed by atoms with Crippen LogP contribution in [0.3, 0.4) is 0 Å². The third-order valence-corrected chi connectivity index (χ3v) is 4.30. The van der Waals surface area contributed by atoms with Gasteiger partial charge in [-0.15, -0.1) is 22.9 Å². The van der Waals surface area contributed by atoms with Gasteiger partial charge in [-0.2, -0.15) is 0 Å². The van der Waals surface area contributed by atoms with Crippen LogP contribution in [0.1, 0.15) is 28.0 Å². The van der Waals surface area contributed by atoms with Crippen LogP contribution in [0.4, 0.5) is 0 Å².